The first-order valence-corrected chi connectivity index (χ1v) is 6.22. The molecular weight excluding hydrogens is 260 g/mol. The summed E-state index contributed by atoms with van der Waals surface area (Å²) >= 11 is 0. The van der Waals surface area contributed by atoms with Gasteiger partial charge in [-0.1, -0.05) is 18.2 Å². The zero-order valence-electron chi connectivity index (χ0n) is 10.9. The molecule has 0 saturated heterocycles. The van der Waals surface area contributed by atoms with Crippen LogP contribution in [0.5, 0.6) is 5.75 Å². The third-order valence-corrected chi connectivity index (χ3v) is 3.43. The Labute approximate surface area is 115 Å². The number of hydrogen-bond donors (Lipinski definition) is 2. The van der Waals surface area contributed by atoms with E-state index in [4.69, 9.17) is 4.74 Å². The lowest BCUT2D eigenvalue weighted by Gasteiger charge is -2.29. The monoisotopic (exact) mass is 274 g/mol. The molecule has 20 heavy (non-hydrogen) atoms. The highest BCUT2D eigenvalue weighted by Gasteiger charge is 2.33. The fourth-order valence-corrected chi connectivity index (χ4v) is 2.48. The topological polar surface area (TPSA) is 89.3 Å². The van der Waals surface area contributed by atoms with Crippen LogP contribution in [0.15, 0.2) is 30.6 Å². The summed E-state index contributed by atoms with van der Waals surface area (Å²) in [6.07, 6.45) is 1.79. The van der Waals surface area contributed by atoms with Crippen molar-refractivity contribution in [3.63, 3.8) is 0 Å². The van der Waals surface area contributed by atoms with E-state index in [9.17, 15) is 9.90 Å². The summed E-state index contributed by atoms with van der Waals surface area (Å²) in [5.41, 5.74) is 0.898. The number of benzene rings is 1. The summed E-state index contributed by atoms with van der Waals surface area (Å²) in [6.45, 7) is 0. The summed E-state index contributed by atoms with van der Waals surface area (Å²) < 4.78 is 7.05. The van der Waals surface area contributed by atoms with Gasteiger partial charge in [0, 0.05) is 12.0 Å². The number of carboxylic acids is 1. The third kappa shape index (κ3) is 1.97. The van der Waals surface area contributed by atoms with Crippen LogP contribution in [0.1, 0.15) is 18.0 Å². The Kier molecular flexibility index (Phi) is 3.02. The molecule has 1 aromatic heterocycles. The van der Waals surface area contributed by atoms with Crippen LogP contribution >= 0.6 is 0 Å². The van der Waals surface area contributed by atoms with Gasteiger partial charge in [0.05, 0.1) is 13.2 Å². The number of anilines is 1. The number of nitrogens with zero attached hydrogens (tertiary/aromatic N) is 3. The fourth-order valence-electron chi connectivity index (χ4n) is 2.48. The Bertz CT molecular complexity index is 640. The van der Waals surface area contributed by atoms with E-state index < -0.39 is 12.0 Å². The Morgan fingerprint density at radius 3 is 3.05 bits per heavy atom. The molecule has 2 unspecified atom stereocenters. The van der Waals surface area contributed by atoms with E-state index in [0.717, 1.165) is 5.56 Å². The largest absolute Gasteiger partial charge is 0.496 e. The molecule has 3 rings (SSSR count). The molecule has 1 aliphatic rings. The molecule has 2 aromatic rings. The first-order valence-electron chi connectivity index (χ1n) is 6.22. The second kappa shape index (κ2) is 4.84. The van der Waals surface area contributed by atoms with Crippen LogP contribution in [-0.4, -0.2) is 39.0 Å². The number of methoxy groups -OCH3 is 1. The smallest absolute Gasteiger partial charge is 0.326 e. The van der Waals surface area contributed by atoms with Crippen LogP contribution < -0.4 is 10.1 Å². The van der Waals surface area contributed by atoms with Crippen LogP contribution in [-0.2, 0) is 4.79 Å². The lowest BCUT2D eigenvalue weighted by atomic mass is 9.97. The SMILES string of the molecule is COc1ccccc1C1CC(C(=O)O)Nc2ncnn21. The number of carboxylic acid groups (broad SMARTS) is 1. The quantitative estimate of drug-likeness (QED) is 0.872. The predicted octanol–water partition coefficient (Wildman–Crippen LogP) is 1.14. The fraction of sp³-hybridized carbons (Fsp3) is 0.308. The van der Waals surface area contributed by atoms with Crippen LogP contribution in [0, 0.1) is 0 Å². The maximum atomic E-state index is 11.3. The first-order chi connectivity index (χ1) is 9.70. The molecule has 0 amide bonds. The van der Waals surface area contributed by atoms with Gasteiger partial charge in [0.2, 0.25) is 5.95 Å². The number of nitrogens with one attached hydrogen (secondary N) is 1. The molecule has 2 atom stereocenters. The summed E-state index contributed by atoms with van der Waals surface area (Å²) in [7, 11) is 1.59. The maximum absolute atomic E-state index is 11.3. The number of fused-ring (bicyclic) bond motifs is 1. The normalized spacial score (nSPS) is 20.9. The van der Waals surface area contributed by atoms with E-state index in [1.54, 1.807) is 11.8 Å². The highest BCUT2D eigenvalue weighted by atomic mass is 16.5. The molecule has 0 radical (unpaired) electrons. The van der Waals surface area contributed by atoms with Crippen molar-refractivity contribution in [2.24, 2.45) is 0 Å². The molecule has 0 spiro atoms. The number of aliphatic carboxylic acids is 1. The van der Waals surface area contributed by atoms with E-state index in [0.29, 0.717) is 18.1 Å². The summed E-state index contributed by atoms with van der Waals surface area (Å²) in [6, 6.07) is 6.63. The van der Waals surface area contributed by atoms with Crippen LogP contribution in [0.2, 0.25) is 0 Å². The number of carbonyl (C=O) groups is 1. The molecular formula is C13H14N4O3. The van der Waals surface area contributed by atoms with E-state index in [1.807, 2.05) is 24.3 Å². The standard InChI is InChI=1S/C13H14N4O3/c1-20-11-5-3-2-4-8(11)10-6-9(12(18)19)16-13-14-7-15-17(10)13/h2-5,7,9-10H,6H2,1H3,(H,18,19)(H,14,15,16). The second-order valence-corrected chi connectivity index (χ2v) is 4.56. The van der Waals surface area contributed by atoms with Gasteiger partial charge in [-0.2, -0.15) is 10.1 Å². The summed E-state index contributed by atoms with van der Waals surface area (Å²) in [5, 5.41) is 16.3. The van der Waals surface area contributed by atoms with Gasteiger partial charge in [0.15, 0.2) is 0 Å². The van der Waals surface area contributed by atoms with Crippen molar-refractivity contribution < 1.29 is 14.6 Å². The zero-order chi connectivity index (χ0) is 14.1. The van der Waals surface area contributed by atoms with Gasteiger partial charge >= 0.3 is 5.97 Å². The van der Waals surface area contributed by atoms with Gasteiger partial charge in [-0.15, -0.1) is 0 Å². The van der Waals surface area contributed by atoms with Crippen molar-refractivity contribution in [1.82, 2.24) is 14.8 Å². The molecule has 0 bridgehead atoms. The second-order valence-electron chi connectivity index (χ2n) is 4.56. The van der Waals surface area contributed by atoms with Crippen molar-refractivity contribution in [3.8, 4) is 5.75 Å². The molecule has 1 aliphatic heterocycles. The minimum Gasteiger partial charge on any atom is -0.496 e. The van der Waals surface area contributed by atoms with Crippen molar-refractivity contribution >= 4 is 11.9 Å². The van der Waals surface area contributed by atoms with Gasteiger partial charge in [-0.3, -0.25) is 0 Å². The molecule has 0 aliphatic carbocycles. The summed E-state index contributed by atoms with van der Waals surface area (Å²) in [5.74, 6) is 0.267. The van der Waals surface area contributed by atoms with Crippen molar-refractivity contribution in [3.05, 3.63) is 36.2 Å². The molecule has 0 fully saturated rings. The molecule has 7 heteroatoms. The van der Waals surface area contributed by atoms with Crippen molar-refractivity contribution in [2.45, 2.75) is 18.5 Å². The van der Waals surface area contributed by atoms with E-state index >= 15 is 0 Å². The van der Waals surface area contributed by atoms with Crippen molar-refractivity contribution in [1.29, 1.82) is 0 Å². The summed E-state index contributed by atoms with van der Waals surface area (Å²) in [4.78, 5) is 15.3. The number of ether oxygens (including phenoxy) is 1. The number of aromatic nitrogens is 3. The highest BCUT2D eigenvalue weighted by Crippen LogP contribution is 2.35. The van der Waals surface area contributed by atoms with Gasteiger partial charge in [0.1, 0.15) is 18.1 Å². The Balaban J connectivity index is 2.06. The molecule has 2 heterocycles. The van der Waals surface area contributed by atoms with Gasteiger partial charge in [0.25, 0.3) is 0 Å². The van der Waals surface area contributed by atoms with E-state index in [-0.39, 0.29) is 6.04 Å². The first kappa shape index (κ1) is 12.5. The number of rotatable bonds is 3. The van der Waals surface area contributed by atoms with Crippen molar-refractivity contribution in [2.75, 3.05) is 12.4 Å². The Morgan fingerprint density at radius 1 is 1.50 bits per heavy atom. The lowest BCUT2D eigenvalue weighted by Crippen LogP contribution is -2.38. The highest BCUT2D eigenvalue weighted by molar-refractivity contribution is 5.77. The van der Waals surface area contributed by atoms with Crippen LogP contribution in [0.4, 0.5) is 5.95 Å². The molecule has 2 N–H and O–H groups in total. The molecule has 104 valence electrons. The Hall–Kier alpha value is -2.57. The minimum atomic E-state index is -0.904. The predicted molar refractivity (Wildman–Crippen MR) is 70.8 cm³/mol. The number of hydrogen-bond acceptors (Lipinski definition) is 5. The molecule has 7 nitrogen and oxygen atoms in total. The number of para-hydroxylation sites is 1. The Morgan fingerprint density at radius 2 is 2.30 bits per heavy atom. The van der Waals surface area contributed by atoms with Crippen LogP contribution in [0.25, 0.3) is 0 Å². The van der Waals surface area contributed by atoms with Gasteiger partial charge in [-0.05, 0) is 6.07 Å². The van der Waals surface area contributed by atoms with Crippen LogP contribution in [0.3, 0.4) is 0 Å². The van der Waals surface area contributed by atoms with Gasteiger partial charge in [-0.25, -0.2) is 9.48 Å². The maximum Gasteiger partial charge on any atom is 0.326 e. The zero-order valence-corrected chi connectivity index (χ0v) is 10.9. The average molecular weight is 274 g/mol. The minimum absolute atomic E-state index is 0.217. The van der Waals surface area contributed by atoms with E-state index in [2.05, 4.69) is 15.4 Å². The van der Waals surface area contributed by atoms with Gasteiger partial charge < -0.3 is 15.2 Å². The third-order valence-electron chi connectivity index (χ3n) is 3.43. The molecule has 0 saturated carbocycles. The van der Waals surface area contributed by atoms with E-state index in [1.165, 1.54) is 6.33 Å². The lowest BCUT2D eigenvalue weighted by molar-refractivity contribution is -0.138. The average Bonchev–Trinajstić information content (AvgIpc) is 2.94. The molecule has 1 aromatic carbocycles.